The van der Waals surface area contributed by atoms with Crippen LogP contribution in [-0.4, -0.2) is 81.5 Å². The molecule has 7 rings (SSSR count). The lowest BCUT2D eigenvalue weighted by molar-refractivity contribution is -0.0930. The number of aryl methyl sites for hydroxylation is 1. The molecule has 1 saturated carbocycles. The number of nitrogens with one attached hydrogen (secondary N) is 1. The number of rotatable bonds is 4. The van der Waals surface area contributed by atoms with Crippen molar-refractivity contribution in [1.29, 1.82) is 0 Å². The molecule has 5 heterocycles. The number of amides is 1. The van der Waals surface area contributed by atoms with Crippen molar-refractivity contribution in [2.45, 2.75) is 97.6 Å². The SMILES string of the molecule is Cc1cc2c(cnn2C2CCCCO2)c(-c2c(N3CCNCC3C)nn(C3CC4(C3)CN(C(=O)OC(C)(C)C)C4)c2C)c1Cl. The van der Waals surface area contributed by atoms with Crippen molar-refractivity contribution in [3.63, 3.8) is 0 Å². The first-order chi connectivity index (χ1) is 20.9. The van der Waals surface area contributed by atoms with Crippen LogP contribution in [0, 0.1) is 19.3 Å². The molecule has 10 nitrogen and oxygen atoms in total. The normalized spacial score (nSPS) is 24.1. The maximum Gasteiger partial charge on any atom is 0.410 e. The molecular weight excluding hydrogens is 578 g/mol. The maximum absolute atomic E-state index is 12.6. The molecule has 11 heteroatoms. The first-order valence-corrected chi connectivity index (χ1v) is 16.7. The molecule has 0 bridgehead atoms. The van der Waals surface area contributed by atoms with Gasteiger partial charge in [0.25, 0.3) is 0 Å². The van der Waals surface area contributed by atoms with Crippen LogP contribution in [0.15, 0.2) is 12.3 Å². The van der Waals surface area contributed by atoms with Gasteiger partial charge < -0.3 is 24.6 Å². The minimum atomic E-state index is -0.482. The molecule has 1 aliphatic carbocycles. The summed E-state index contributed by atoms with van der Waals surface area (Å²) in [6.45, 7) is 17.2. The van der Waals surface area contributed by atoms with E-state index in [1.165, 1.54) is 0 Å². The number of carbonyl (C=O) groups excluding carboxylic acids is 1. The molecule has 1 aromatic carbocycles. The Balaban J connectivity index is 1.25. The molecular formula is C33H46ClN7O3. The van der Waals surface area contributed by atoms with Gasteiger partial charge in [-0.25, -0.2) is 9.48 Å². The van der Waals surface area contributed by atoms with E-state index < -0.39 is 5.60 Å². The van der Waals surface area contributed by atoms with Gasteiger partial charge in [-0.05, 0) is 85.3 Å². The lowest BCUT2D eigenvalue weighted by atomic mass is 9.61. The molecule has 1 amide bonds. The summed E-state index contributed by atoms with van der Waals surface area (Å²) in [7, 11) is 0. The Bertz CT molecular complexity index is 1570. The highest BCUT2D eigenvalue weighted by atomic mass is 35.5. The van der Waals surface area contributed by atoms with Gasteiger partial charge in [0.15, 0.2) is 12.0 Å². The quantitative estimate of drug-likeness (QED) is 0.368. The van der Waals surface area contributed by atoms with Crippen LogP contribution < -0.4 is 10.2 Å². The zero-order valence-electron chi connectivity index (χ0n) is 27.0. The number of anilines is 1. The lowest BCUT2D eigenvalue weighted by Crippen LogP contribution is -2.64. The van der Waals surface area contributed by atoms with E-state index in [2.05, 4.69) is 46.4 Å². The van der Waals surface area contributed by atoms with Crippen molar-refractivity contribution >= 4 is 34.4 Å². The van der Waals surface area contributed by atoms with Crippen LogP contribution in [0.2, 0.25) is 5.02 Å². The first kappa shape index (κ1) is 29.9. The van der Waals surface area contributed by atoms with E-state index in [1.54, 1.807) is 0 Å². The van der Waals surface area contributed by atoms with E-state index in [0.717, 1.165) is 116 Å². The molecule has 1 spiro atoms. The minimum absolute atomic E-state index is 0.0555. The zero-order chi connectivity index (χ0) is 31.0. The molecule has 0 radical (unpaired) electrons. The van der Waals surface area contributed by atoms with Gasteiger partial charge in [0, 0.05) is 73.0 Å². The largest absolute Gasteiger partial charge is 0.444 e. The molecule has 3 saturated heterocycles. The Hall–Kier alpha value is -2.82. The number of halogens is 1. The zero-order valence-corrected chi connectivity index (χ0v) is 27.7. The summed E-state index contributed by atoms with van der Waals surface area (Å²) < 4.78 is 16.1. The number of hydrogen-bond acceptors (Lipinski definition) is 7. The highest BCUT2D eigenvalue weighted by Crippen LogP contribution is 2.56. The fraction of sp³-hybridized carbons (Fsp3) is 0.667. The van der Waals surface area contributed by atoms with E-state index >= 15 is 0 Å². The Kier molecular flexibility index (Phi) is 7.41. The second kappa shape index (κ2) is 10.9. The molecule has 1 N–H and O–H groups in total. The van der Waals surface area contributed by atoms with Gasteiger partial charge in [-0.15, -0.1) is 0 Å². The van der Waals surface area contributed by atoms with Crippen molar-refractivity contribution in [3.05, 3.63) is 28.5 Å². The number of hydrogen-bond donors (Lipinski definition) is 1. The molecule has 238 valence electrons. The molecule has 4 aliphatic rings. The third-order valence-electron chi connectivity index (χ3n) is 9.99. The monoisotopic (exact) mass is 623 g/mol. The Morgan fingerprint density at radius 2 is 1.93 bits per heavy atom. The molecule has 3 aromatic rings. The van der Waals surface area contributed by atoms with Gasteiger partial charge in [0.05, 0.1) is 22.8 Å². The molecule has 2 aromatic heterocycles. The average molecular weight is 624 g/mol. The number of nitrogens with zero attached hydrogens (tertiary/aromatic N) is 6. The van der Waals surface area contributed by atoms with E-state index in [-0.39, 0.29) is 23.8 Å². The van der Waals surface area contributed by atoms with Crippen molar-refractivity contribution in [1.82, 2.24) is 29.8 Å². The number of ether oxygens (including phenoxy) is 2. The maximum atomic E-state index is 12.6. The summed E-state index contributed by atoms with van der Waals surface area (Å²) >= 11 is 7.24. The lowest BCUT2D eigenvalue weighted by Gasteiger charge is -2.58. The molecule has 3 aliphatic heterocycles. The third kappa shape index (κ3) is 5.07. The van der Waals surface area contributed by atoms with Crippen LogP contribution in [0.3, 0.4) is 0 Å². The standard InChI is InChI=1S/C33H46ClN7O3/c1-20-13-25-24(17-36-41(25)26-9-7-8-12-43-26)28(29(20)34)27-22(3)40(37-30(27)39-11-10-35-16-21(39)2)23-14-33(15-23)18-38(19-33)31(42)44-32(4,5)6/h13,17,21,23,26,35H,7-12,14-16,18-19H2,1-6H3. The highest BCUT2D eigenvalue weighted by Gasteiger charge is 2.55. The summed E-state index contributed by atoms with van der Waals surface area (Å²) in [5.41, 5.74) is 5.00. The Morgan fingerprint density at radius 3 is 2.61 bits per heavy atom. The van der Waals surface area contributed by atoms with Crippen LogP contribution in [0.4, 0.5) is 10.6 Å². The Morgan fingerprint density at radius 1 is 1.16 bits per heavy atom. The van der Waals surface area contributed by atoms with Crippen LogP contribution in [-0.2, 0) is 9.47 Å². The summed E-state index contributed by atoms with van der Waals surface area (Å²) in [6, 6.07) is 2.73. The number of benzene rings is 1. The van der Waals surface area contributed by atoms with Crippen molar-refractivity contribution in [2.75, 3.05) is 44.2 Å². The Labute approximate surface area is 265 Å². The topological polar surface area (TPSA) is 89.7 Å². The number of carbonyl (C=O) groups is 1. The number of piperazine rings is 1. The van der Waals surface area contributed by atoms with Gasteiger partial charge in [-0.1, -0.05) is 11.6 Å². The van der Waals surface area contributed by atoms with E-state index in [9.17, 15) is 4.79 Å². The van der Waals surface area contributed by atoms with Gasteiger partial charge in [-0.3, -0.25) is 4.68 Å². The predicted octanol–water partition coefficient (Wildman–Crippen LogP) is 6.24. The first-order valence-electron chi connectivity index (χ1n) is 16.3. The van der Waals surface area contributed by atoms with Gasteiger partial charge in [0.2, 0.25) is 0 Å². The molecule has 2 atom stereocenters. The van der Waals surface area contributed by atoms with Gasteiger partial charge >= 0.3 is 6.09 Å². The fourth-order valence-corrected chi connectivity index (χ4v) is 8.03. The molecule has 44 heavy (non-hydrogen) atoms. The van der Waals surface area contributed by atoms with Crippen LogP contribution in [0.25, 0.3) is 22.0 Å². The van der Waals surface area contributed by atoms with Crippen molar-refractivity contribution < 1.29 is 14.3 Å². The second-order valence-electron chi connectivity index (χ2n) is 14.6. The summed E-state index contributed by atoms with van der Waals surface area (Å²) in [6.07, 6.45) is 6.89. The number of likely N-dealkylation sites (tertiary alicyclic amines) is 1. The third-order valence-corrected chi connectivity index (χ3v) is 10.5. The van der Waals surface area contributed by atoms with E-state index in [1.807, 2.05) is 31.9 Å². The van der Waals surface area contributed by atoms with Crippen molar-refractivity contribution in [3.8, 4) is 11.1 Å². The van der Waals surface area contributed by atoms with Crippen molar-refractivity contribution in [2.24, 2.45) is 5.41 Å². The fourth-order valence-electron chi connectivity index (χ4n) is 7.78. The predicted molar refractivity (Wildman–Crippen MR) is 172 cm³/mol. The van der Waals surface area contributed by atoms with Crippen LogP contribution >= 0.6 is 11.6 Å². The van der Waals surface area contributed by atoms with Crippen LogP contribution in [0.5, 0.6) is 0 Å². The number of aromatic nitrogens is 4. The highest BCUT2D eigenvalue weighted by molar-refractivity contribution is 6.36. The van der Waals surface area contributed by atoms with Crippen LogP contribution in [0.1, 0.15) is 83.3 Å². The summed E-state index contributed by atoms with van der Waals surface area (Å²) in [5.74, 6) is 0.997. The molecule has 4 fully saturated rings. The summed E-state index contributed by atoms with van der Waals surface area (Å²) in [4.78, 5) is 16.9. The number of fused-ring (bicyclic) bond motifs is 1. The van der Waals surface area contributed by atoms with E-state index in [0.29, 0.717) is 6.04 Å². The smallest absolute Gasteiger partial charge is 0.410 e. The molecule has 2 unspecified atom stereocenters. The second-order valence-corrected chi connectivity index (χ2v) is 15.0. The summed E-state index contributed by atoms with van der Waals surface area (Å²) in [5, 5.41) is 15.6. The average Bonchev–Trinajstić information content (AvgIpc) is 3.49. The van der Waals surface area contributed by atoms with E-state index in [4.69, 9.17) is 31.3 Å². The minimum Gasteiger partial charge on any atom is -0.444 e. The van der Waals surface area contributed by atoms with Gasteiger partial charge in [-0.2, -0.15) is 10.2 Å². The van der Waals surface area contributed by atoms with Gasteiger partial charge in [0.1, 0.15) is 5.60 Å².